The average Bonchev–Trinajstić information content (AvgIpc) is 2.42. The summed E-state index contributed by atoms with van der Waals surface area (Å²) in [5.41, 5.74) is 2.23. The zero-order valence-electron chi connectivity index (χ0n) is 11.2. The first-order chi connectivity index (χ1) is 9.56. The van der Waals surface area contributed by atoms with Crippen LogP contribution in [0.2, 0.25) is 10.0 Å². The number of aromatic hydroxyl groups is 1. The Bertz CT molecular complexity index is 569. The standard InChI is InChI=1S/C16H17Cl2NO/c1-11(12-3-6-15(20)7-4-12)19-9-8-13-2-5-14(17)10-16(13)18/h2-7,10-11,19-20H,8-9H2,1H3. The SMILES string of the molecule is CC(NCCc1ccc(Cl)cc1Cl)c1ccc(O)cc1. The summed E-state index contributed by atoms with van der Waals surface area (Å²) in [6, 6.07) is 13.0. The van der Waals surface area contributed by atoms with Crippen molar-refractivity contribution in [2.45, 2.75) is 19.4 Å². The van der Waals surface area contributed by atoms with Crippen LogP contribution in [0.5, 0.6) is 5.75 Å². The first kappa shape index (κ1) is 15.2. The van der Waals surface area contributed by atoms with E-state index in [1.54, 1.807) is 18.2 Å². The molecular formula is C16H17Cl2NO. The Morgan fingerprint density at radius 1 is 1.10 bits per heavy atom. The van der Waals surface area contributed by atoms with Crippen LogP contribution in [0.1, 0.15) is 24.1 Å². The van der Waals surface area contributed by atoms with Gasteiger partial charge in [-0.15, -0.1) is 0 Å². The lowest BCUT2D eigenvalue weighted by Gasteiger charge is -2.14. The van der Waals surface area contributed by atoms with Crippen LogP contribution in [0.3, 0.4) is 0 Å². The van der Waals surface area contributed by atoms with Crippen LogP contribution in [0.15, 0.2) is 42.5 Å². The normalized spacial score (nSPS) is 12.3. The molecule has 0 radical (unpaired) electrons. The molecule has 0 aliphatic heterocycles. The van der Waals surface area contributed by atoms with Gasteiger partial charge in [-0.3, -0.25) is 0 Å². The molecule has 2 aromatic carbocycles. The minimum Gasteiger partial charge on any atom is -0.508 e. The molecule has 0 saturated carbocycles. The smallest absolute Gasteiger partial charge is 0.115 e. The zero-order chi connectivity index (χ0) is 14.5. The minimum absolute atomic E-state index is 0.224. The quantitative estimate of drug-likeness (QED) is 0.846. The second kappa shape index (κ2) is 6.98. The predicted octanol–water partition coefficient (Wildman–Crippen LogP) is 4.59. The fourth-order valence-electron chi connectivity index (χ4n) is 2.03. The van der Waals surface area contributed by atoms with Gasteiger partial charge in [-0.1, -0.05) is 41.4 Å². The zero-order valence-corrected chi connectivity index (χ0v) is 12.7. The van der Waals surface area contributed by atoms with Crippen molar-refractivity contribution in [2.24, 2.45) is 0 Å². The van der Waals surface area contributed by atoms with Crippen LogP contribution in [0.4, 0.5) is 0 Å². The van der Waals surface area contributed by atoms with Gasteiger partial charge in [0, 0.05) is 16.1 Å². The van der Waals surface area contributed by atoms with E-state index in [2.05, 4.69) is 12.2 Å². The summed E-state index contributed by atoms with van der Waals surface area (Å²) < 4.78 is 0. The second-order valence-corrected chi connectivity index (χ2v) is 5.60. The molecule has 0 bridgehead atoms. The molecule has 0 aliphatic rings. The van der Waals surface area contributed by atoms with E-state index in [1.807, 2.05) is 24.3 Å². The van der Waals surface area contributed by atoms with Crippen LogP contribution in [-0.4, -0.2) is 11.7 Å². The molecule has 4 heteroatoms. The lowest BCUT2D eigenvalue weighted by Crippen LogP contribution is -2.21. The maximum atomic E-state index is 9.27. The van der Waals surface area contributed by atoms with Gasteiger partial charge < -0.3 is 10.4 Å². The fraction of sp³-hybridized carbons (Fsp3) is 0.250. The Hall–Kier alpha value is -1.22. The molecule has 2 nitrogen and oxygen atoms in total. The molecule has 2 rings (SSSR count). The van der Waals surface area contributed by atoms with Gasteiger partial charge in [0.1, 0.15) is 5.75 Å². The number of hydrogen-bond donors (Lipinski definition) is 2. The number of halogens is 2. The highest BCUT2D eigenvalue weighted by Gasteiger charge is 2.06. The van der Waals surface area contributed by atoms with Gasteiger partial charge in [-0.05, 0) is 55.3 Å². The molecule has 0 aromatic heterocycles. The Morgan fingerprint density at radius 3 is 2.45 bits per heavy atom. The van der Waals surface area contributed by atoms with Crippen LogP contribution in [0.25, 0.3) is 0 Å². The largest absolute Gasteiger partial charge is 0.508 e. The van der Waals surface area contributed by atoms with E-state index in [0.29, 0.717) is 10.0 Å². The molecule has 0 spiro atoms. The molecule has 0 saturated heterocycles. The summed E-state index contributed by atoms with van der Waals surface area (Å²) in [5, 5.41) is 14.1. The van der Waals surface area contributed by atoms with Crippen molar-refractivity contribution in [3.05, 3.63) is 63.6 Å². The lowest BCUT2D eigenvalue weighted by atomic mass is 10.1. The number of phenolic OH excluding ortho intramolecular Hbond substituents is 1. The second-order valence-electron chi connectivity index (χ2n) is 4.75. The topological polar surface area (TPSA) is 32.3 Å². The highest BCUT2D eigenvalue weighted by Crippen LogP contribution is 2.21. The van der Waals surface area contributed by atoms with Crippen LogP contribution in [-0.2, 0) is 6.42 Å². The van der Waals surface area contributed by atoms with Crippen LogP contribution >= 0.6 is 23.2 Å². The molecule has 0 fully saturated rings. The van der Waals surface area contributed by atoms with Gasteiger partial charge in [0.15, 0.2) is 0 Å². The number of phenols is 1. The Balaban J connectivity index is 1.87. The summed E-state index contributed by atoms with van der Waals surface area (Å²) in [5.74, 6) is 0.286. The van der Waals surface area contributed by atoms with Gasteiger partial charge in [-0.2, -0.15) is 0 Å². The van der Waals surface area contributed by atoms with Crippen LogP contribution in [0, 0.1) is 0 Å². The molecule has 2 aromatic rings. The van der Waals surface area contributed by atoms with Gasteiger partial charge in [-0.25, -0.2) is 0 Å². The number of rotatable bonds is 5. The first-order valence-corrected chi connectivity index (χ1v) is 7.28. The third-order valence-electron chi connectivity index (χ3n) is 3.25. The summed E-state index contributed by atoms with van der Waals surface area (Å²) in [7, 11) is 0. The predicted molar refractivity (Wildman–Crippen MR) is 84.7 cm³/mol. The summed E-state index contributed by atoms with van der Waals surface area (Å²) in [4.78, 5) is 0. The first-order valence-electron chi connectivity index (χ1n) is 6.52. The van der Waals surface area contributed by atoms with Gasteiger partial charge >= 0.3 is 0 Å². The van der Waals surface area contributed by atoms with Crippen molar-refractivity contribution in [3.8, 4) is 5.75 Å². The Kier molecular flexibility index (Phi) is 5.30. The molecule has 106 valence electrons. The highest BCUT2D eigenvalue weighted by molar-refractivity contribution is 6.35. The summed E-state index contributed by atoms with van der Waals surface area (Å²) >= 11 is 12.0. The summed E-state index contributed by atoms with van der Waals surface area (Å²) in [6.45, 7) is 2.92. The van der Waals surface area contributed by atoms with E-state index in [0.717, 1.165) is 24.1 Å². The molecule has 0 amide bonds. The van der Waals surface area contributed by atoms with E-state index in [4.69, 9.17) is 23.2 Å². The molecular weight excluding hydrogens is 293 g/mol. The van der Waals surface area contributed by atoms with Crippen molar-refractivity contribution in [1.29, 1.82) is 0 Å². The Labute approximate surface area is 129 Å². The molecule has 20 heavy (non-hydrogen) atoms. The van der Waals surface area contributed by atoms with Gasteiger partial charge in [0.2, 0.25) is 0 Å². The monoisotopic (exact) mass is 309 g/mol. The van der Waals surface area contributed by atoms with E-state index in [-0.39, 0.29) is 11.8 Å². The maximum absolute atomic E-state index is 9.27. The third kappa shape index (κ3) is 4.14. The van der Waals surface area contributed by atoms with Gasteiger partial charge in [0.05, 0.1) is 0 Å². The maximum Gasteiger partial charge on any atom is 0.115 e. The minimum atomic E-state index is 0.224. The molecule has 0 aliphatic carbocycles. The van der Waals surface area contributed by atoms with E-state index < -0.39 is 0 Å². The fourth-order valence-corrected chi connectivity index (χ4v) is 2.53. The van der Waals surface area contributed by atoms with Crippen molar-refractivity contribution in [1.82, 2.24) is 5.32 Å². The number of hydrogen-bond acceptors (Lipinski definition) is 2. The molecule has 2 N–H and O–H groups in total. The van der Waals surface area contributed by atoms with Crippen molar-refractivity contribution < 1.29 is 5.11 Å². The van der Waals surface area contributed by atoms with E-state index >= 15 is 0 Å². The Morgan fingerprint density at radius 2 is 1.80 bits per heavy atom. The van der Waals surface area contributed by atoms with E-state index in [1.165, 1.54) is 0 Å². The number of benzene rings is 2. The molecule has 1 unspecified atom stereocenters. The summed E-state index contributed by atoms with van der Waals surface area (Å²) in [6.07, 6.45) is 0.846. The van der Waals surface area contributed by atoms with Crippen molar-refractivity contribution in [3.63, 3.8) is 0 Å². The lowest BCUT2D eigenvalue weighted by molar-refractivity contribution is 0.474. The van der Waals surface area contributed by atoms with Gasteiger partial charge in [0.25, 0.3) is 0 Å². The molecule has 1 atom stereocenters. The van der Waals surface area contributed by atoms with Crippen molar-refractivity contribution in [2.75, 3.05) is 6.54 Å². The third-order valence-corrected chi connectivity index (χ3v) is 3.84. The van der Waals surface area contributed by atoms with Crippen LogP contribution < -0.4 is 5.32 Å². The van der Waals surface area contributed by atoms with Crippen molar-refractivity contribution >= 4 is 23.2 Å². The van der Waals surface area contributed by atoms with E-state index in [9.17, 15) is 5.11 Å². The molecule has 0 heterocycles. The average molecular weight is 310 g/mol. The number of nitrogens with one attached hydrogen (secondary N) is 1. The highest BCUT2D eigenvalue weighted by atomic mass is 35.5.